The minimum Gasteiger partial charge on any atom is -0.319 e. The Morgan fingerprint density at radius 1 is 1.05 bits per heavy atom. The molecule has 0 spiro atoms. The maximum Gasteiger partial charge on any atom is 0.116 e. The summed E-state index contributed by atoms with van der Waals surface area (Å²) in [7, 11) is -2.26. The van der Waals surface area contributed by atoms with Crippen molar-refractivity contribution in [2.24, 2.45) is 5.41 Å². The zero-order valence-electron chi connectivity index (χ0n) is 13.6. The average Bonchev–Trinajstić information content (AvgIpc) is 2.92. The van der Waals surface area contributed by atoms with Crippen molar-refractivity contribution in [3.63, 3.8) is 0 Å². The molecule has 3 atom stereocenters. The monoisotopic (exact) mass is 310 g/mol. The van der Waals surface area contributed by atoms with E-state index in [1.165, 1.54) is 22.3 Å². The standard InChI is InChI=1S/C20H23OP/c1-14-9-10-15(2)19-17(14)11-20(3)13-22(21,12-18(19)20)16-7-5-4-6-8-16/h4-10,18H,11-13H2,1-3H3/t18-,20-,22?/m0/s1. The quantitative estimate of drug-likeness (QED) is 0.701. The Hall–Kier alpha value is -1.33. The summed E-state index contributed by atoms with van der Waals surface area (Å²) in [6.07, 6.45) is 2.81. The first kappa shape index (κ1) is 14.3. The molecule has 114 valence electrons. The number of rotatable bonds is 1. The third-order valence-electron chi connectivity index (χ3n) is 5.90. The minimum absolute atomic E-state index is 0.171. The third kappa shape index (κ3) is 1.88. The molecule has 2 heteroatoms. The van der Waals surface area contributed by atoms with E-state index in [9.17, 15) is 4.57 Å². The Balaban J connectivity index is 1.82. The highest BCUT2D eigenvalue weighted by Gasteiger charge is 2.55. The average molecular weight is 310 g/mol. The third-order valence-corrected chi connectivity index (χ3v) is 9.33. The molecule has 4 rings (SSSR count). The van der Waals surface area contributed by atoms with E-state index in [0.717, 1.165) is 24.0 Å². The van der Waals surface area contributed by atoms with Gasteiger partial charge in [-0.2, -0.15) is 0 Å². The van der Waals surface area contributed by atoms with Gasteiger partial charge in [-0.1, -0.05) is 49.4 Å². The van der Waals surface area contributed by atoms with Crippen LogP contribution in [0.4, 0.5) is 0 Å². The largest absolute Gasteiger partial charge is 0.319 e. The van der Waals surface area contributed by atoms with Crippen LogP contribution in [0.3, 0.4) is 0 Å². The van der Waals surface area contributed by atoms with E-state index in [1.54, 1.807) is 0 Å². The molecule has 1 nitrogen and oxygen atoms in total. The molecule has 0 radical (unpaired) electrons. The molecule has 0 aromatic heterocycles. The van der Waals surface area contributed by atoms with E-state index in [0.29, 0.717) is 5.92 Å². The number of hydrogen-bond donors (Lipinski definition) is 0. The second kappa shape index (κ2) is 4.59. The van der Waals surface area contributed by atoms with Crippen LogP contribution in [-0.2, 0) is 11.0 Å². The van der Waals surface area contributed by atoms with Gasteiger partial charge in [-0.15, -0.1) is 0 Å². The van der Waals surface area contributed by atoms with E-state index < -0.39 is 7.14 Å². The van der Waals surface area contributed by atoms with Crippen LogP contribution in [0.1, 0.15) is 35.1 Å². The molecule has 0 N–H and O–H groups in total. The van der Waals surface area contributed by atoms with Gasteiger partial charge in [-0.3, -0.25) is 0 Å². The van der Waals surface area contributed by atoms with Crippen molar-refractivity contribution in [1.82, 2.24) is 0 Å². The molecule has 2 aromatic carbocycles. The second-order valence-electron chi connectivity index (χ2n) is 7.54. The van der Waals surface area contributed by atoms with Gasteiger partial charge in [-0.25, -0.2) is 0 Å². The maximum atomic E-state index is 13.6. The predicted octanol–water partition coefficient (Wildman–Crippen LogP) is 4.65. The number of fused-ring (bicyclic) bond motifs is 3. The van der Waals surface area contributed by atoms with Gasteiger partial charge < -0.3 is 4.57 Å². The van der Waals surface area contributed by atoms with Crippen molar-refractivity contribution in [3.8, 4) is 0 Å². The molecule has 0 amide bonds. The summed E-state index contributed by atoms with van der Waals surface area (Å²) in [6, 6.07) is 14.7. The Bertz CT molecular complexity index is 793. The Morgan fingerprint density at radius 3 is 2.45 bits per heavy atom. The van der Waals surface area contributed by atoms with Gasteiger partial charge in [0.05, 0.1) is 0 Å². The van der Waals surface area contributed by atoms with Gasteiger partial charge >= 0.3 is 0 Å². The van der Waals surface area contributed by atoms with Gasteiger partial charge in [0.15, 0.2) is 0 Å². The highest BCUT2D eigenvalue weighted by Crippen LogP contribution is 2.67. The van der Waals surface area contributed by atoms with Crippen LogP contribution >= 0.6 is 7.14 Å². The van der Waals surface area contributed by atoms with E-state index in [2.05, 4.69) is 45.0 Å². The van der Waals surface area contributed by atoms with Crippen molar-refractivity contribution in [2.45, 2.75) is 33.1 Å². The van der Waals surface area contributed by atoms with E-state index in [1.807, 2.05) is 18.2 Å². The molecule has 2 aromatic rings. The first-order chi connectivity index (χ1) is 10.4. The van der Waals surface area contributed by atoms with Crippen molar-refractivity contribution >= 4 is 12.4 Å². The summed E-state index contributed by atoms with van der Waals surface area (Å²) >= 11 is 0. The topological polar surface area (TPSA) is 17.1 Å². The second-order valence-corrected chi connectivity index (χ2v) is 10.5. The molecular weight excluding hydrogens is 287 g/mol. The van der Waals surface area contributed by atoms with Gasteiger partial charge in [0.2, 0.25) is 0 Å². The molecule has 0 saturated carbocycles. The van der Waals surface area contributed by atoms with Gasteiger partial charge in [0.1, 0.15) is 7.14 Å². The van der Waals surface area contributed by atoms with Crippen LogP contribution < -0.4 is 5.30 Å². The van der Waals surface area contributed by atoms with Crippen molar-refractivity contribution in [3.05, 3.63) is 64.7 Å². The lowest BCUT2D eigenvalue weighted by Crippen LogP contribution is -2.20. The van der Waals surface area contributed by atoms with E-state index in [4.69, 9.17) is 0 Å². The highest BCUT2D eigenvalue weighted by molar-refractivity contribution is 7.72. The SMILES string of the molecule is Cc1ccc(C)c2c1C[C@@]1(C)CP(=O)(c3ccccc3)C[C@@H]21. The van der Waals surface area contributed by atoms with Gasteiger partial charge in [0.25, 0.3) is 0 Å². The zero-order chi connectivity index (χ0) is 15.5. The fourth-order valence-electron chi connectivity index (χ4n) is 4.80. The van der Waals surface area contributed by atoms with E-state index >= 15 is 0 Å². The maximum absolute atomic E-state index is 13.6. The molecule has 1 unspecified atom stereocenters. The Kier molecular flexibility index (Phi) is 2.97. The molecule has 1 saturated heterocycles. The highest BCUT2D eigenvalue weighted by atomic mass is 31.2. The van der Waals surface area contributed by atoms with Crippen molar-refractivity contribution < 1.29 is 4.57 Å². The molecule has 1 aliphatic heterocycles. The molecule has 1 fully saturated rings. The van der Waals surface area contributed by atoms with Gasteiger partial charge in [-0.05, 0) is 53.9 Å². The first-order valence-electron chi connectivity index (χ1n) is 8.16. The van der Waals surface area contributed by atoms with Crippen molar-refractivity contribution in [2.75, 3.05) is 12.3 Å². The van der Waals surface area contributed by atoms with Crippen LogP contribution in [0.5, 0.6) is 0 Å². The van der Waals surface area contributed by atoms with Crippen LogP contribution in [-0.4, -0.2) is 12.3 Å². The Labute approximate surface area is 133 Å². The summed E-state index contributed by atoms with van der Waals surface area (Å²) in [6.45, 7) is 6.80. The number of aryl methyl sites for hydroxylation is 2. The summed E-state index contributed by atoms with van der Waals surface area (Å²) in [5, 5.41) is 1.08. The molecular formula is C20H23OP. The minimum atomic E-state index is -2.26. The fraction of sp³-hybridized carbons (Fsp3) is 0.400. The Morgan fingerprint density at radius 2 is 1.73 bits per heavy atom. The van der Waals surface area contributed by atoms with Crippen LogP contribution in [0, 0.1) is 19.3 Å². The zero-order valence-corrected chi connectivity index (χ0v) is 14.5. The molecule has 2 aliphatic rings. The molecule has 1 aliphatic carbocycles. The lowest BCUT2D eigenvalue weighted by Gasteiger charge is -2.23. The number of benzene rings is 2. The van der Waals surface area contributed by atoms with Crippen molar-refractivity contribution in [1.29, 1.82) is 0 Å². The van der Waals surface area contributed by atoms with Crippen LogP contribution in [0.15, 0.2) is 42.5 Å². The molecule has 1 heterocycles. The number of hydrogen-bond acceptors (Lipinski definition) is 1. The summed E-state index contributed by atoms with van der Waals surface area (Å²) in [4.78, 5) is 0. The molecule has 0 bridgehead atoms. The molecule has 22 heavy (non-hydrogen) atoms. The van der Waals surface area contributed by atoms with Crippen LogP contribution in [0.2, 0.25) is 0 Å². The fourth-order valence-corrected chi connectivity index (χ4v) is 8.75. The lowest BCUT2D eigenvalue weighted by atomic mass is 9.80. The van der Waals surface area contributed by atoms with E-state index in [-0.39, 0.29) is 5.41 Å². The summed E-state index contributed by atoms with van der Waals surface area (Å²) in [5.74, 6) is 0.466. The predicted molar refractivity (Wildman–Crippen MR) is 93.9 cm³/mol. The van der Waals surface area contributed by atoms with Crippen LogP contribution in [0.25, 0.3) is 0 Å². The first-order valence-corrected chi connectivity index (χ1v) is 10.2. The normalized spacial score (nSPS) is 32.8. The summed E-state index contributed by atoms with van der Waals surface area (Å²) < 4.78 is 13.6. The lowest BCUT2D eigenvalue weighted by molar-refractivity contribution is 0.357. The summed E-state index contributed by atoms with van der Waals surface area (Å²) in [5.41, 5.74) is 6.01. The smallest absolute Gasteiger partial charge is 0.116 e. The van der Waals surface area contributed by atoms with Gasteiger partial charge in [0, 0.05) is 17.6 Å².